The van der Waals surface area contributed by atoms with Crippen LogP contribution in [0.1, 0.15) is 148 Å². The molecule has 4 aromatic rings. The Balaban J connectivity index is 0.877. The Bertz CT molecular complexity index is 3500. The predicted octanol–water partition coefficient (Wildman–Crippen LogP) is 6.56. The van der Waals surface area contributed by atoms with Crippen LogP contribution in [0.2, 0.25) is 0 Å². The fourth-order valence-electron chi connectivity index (χ4n) is 14.0. The first-order chi connectivity index (χ1) is 45.2. The number of piperazine rings is 2. The summed E-state index contributed by atoms with van der Waals surface area (Å²) in [4.78, 5) is 119. The zero-order chi connectivity index (χ0) is 68.5. The lowest BCUT2D eigenvalue weighted by molar-refractivity contribution is -0.168. The largest absolute Gasteiger partial charge is 0.398 e. The Morgan fingerprint density at radius 2 is 1.15 bits per heavy atom. The van der Waals surface area contributed by atoms with Crippen molar-refractivity contribution in [3.63, 3.8) is 0 Å². The van der Waals surface area contributed by atoms with Crippen molar-refractivity contribution in [1.82, 2.24) is 60.4 Å². The normalized spacial score (nSPS) is 21.9. The van der Waals surface area contributed by atoms with Crippen molar-refractivity contribution in [3.05, 3.63) is 94.6 Å². The van der Waals surface area contributed by atoms with Crippen LogP contribution < -0.4 is 31.9 Å². The van der Waals surface area contributed by atoms with Gasteiger partial charge in [-0.25, -0.2) is 13.2 Å². The molecular weight excluding hydrogens is 1240 g/mol. The molecule has 11 atom stereocenters. The molecule has 6 N–H and O–H groups in total. The standard InChI is InChI=1S/C67H88F6N14O8/c1-9-52(88)77-59(66(95)84-27-24-82(7)25-28-84)55(67(71,72)73)42-19-21-48(46(70)31-42)76-64(93)58(80-61(90)50-22-23-74-86(50)10-2)54(40-16-17-40)44-32-43(44)49-33-51(87(11-3)81-49)62(91)79-57(53(38-12-13-38)39-14-15-39)63(92)75-47-20-18-41(30-45(47)69)36(5)56(78-60(89)37(6)68)65(94)85-29-26-83(8)35(4)34-85/h18-23,30-31,33,35-40,43-44,53-59H,9-17,24-29,32,34H2,1-8H3,(H,75,92)(H,76,93)(H,77,88)(H,78,89)(H,79,91)(H,80,90)/t35-,36+,37-,43?,44?,54?,55+,56-,57+,58+,59-/m1/s1. The summed E-state index contributed by atoms with van der Waals surface area (Å²) >= 11 is 0. The number of hydrogen-bond donors (Lipinski definition) is 6. The lowest BCUT2D eigenvalue weighted by Crippen LogP contribution is -2.58. The van der Waals surface area contributed by atoms with Gasteiger partial charge in [0.25, 0.3) is 17.7 Å². The van der Waals surface area contributed by atoms with Gasteiger partial charge < -0.3 is 51.5 Å². The zero-order valence-corrected chi connectivity index (χ0v) is 55.0. The van der Waals surface area contributed by atoms with E-state index in [1.807, 2.05) is 18.9 Å². The third-order valence-corrected chi connectivity index (χ3v) is 20.2. The zero-order valence-electron chi connectivity index (χ0n) is 55.0. The van der Waals surface area contributed by atoms with Gasteiger partial charge in [0.05, 0.1) is 17.1 Å². The average molecular weight is 1330 g/mol. The second-order valence-corrected chi connectivity index (χ2v) is 26.9. The molecule has 6 fully saturated rings. The Morgan fingerprint density at radius 3 is 1.68 bits per heavy atom. The number of likely N-dealkylation sites (N-methyl/N-ethyl adjacent to an activating group) is 2. The van der Waals surface area contributed by atoms with Gasteiger partial charge in [-0.1, -0.05) is 26.0 Å². The smallest absolute Gasteiger partial charge is 0.343 e. The van der Waals surface area contributed by atoms with Crippen LogP contribution in [0.5, 0.6) is 0 Å². The summed E-state index contributed by atoms with van der Waals surface area (Å²) in [7, 11) is 3.74. The van der Waals surface area contributed by atoms with Gasteiger partial charge in [-0.05, 0) is 170 Å². The van der Waals surface area contributed by atoms with E-state index in [2.05, 4.69) is 41.9 Å². The van der Waals surface area contributed by atoms with E-state index in [-0.39, 0.29) is 84.7 Å². The van der Waals surface area contributed by atoms with Crippen LogP contribution in [0, 0.1) is 47.1 Å². The first-order valence-electron chi connectivity index (χ1n) is 33.4. The van der Waals surface area contributed by atoms with Gasteiger partial charge in [-0.2, -0.15) is 23.4 Å². The van der Waals surface area contributed by atoms with Crippen molar-refractivity contribution in [2.75, 3.05) is 70.5 Å². The summed E-state index contributed by atoms with van der Waals surface area (Å²) in [6, 6.07) is 3.88. The summed E-state index contributed by atoms with van der Waals surface area (Å²) < 4.78 is 96.0. The fourth-order valence-corrected chi connectivity index (χ4v) is 14.0. The van der Waals surface area contributed by atoms with Crippen LogP contribution in [0.4, 0.5) is 37.7 Å². The number of hydrogen-bond acceptors (Lipinski definition) is 12. The summed E-state index contributed by atoms with van der Waals surface area (Å²) in [6.07, 6.45) is -0.739. The predicted molar refractivity (Wildman–Crippen MR) is 339 cm³/mol. The molecule has 2 aromatic heterocycles. The second kappa shape index (κ2) is 29.2. The minimum atomic E-state index is -5.16. The van der Waals surface area contributed by atoms with Crippen molar-refractivity contribution >= 4 is 58.6 Å². The topological polar surface area (TPSA) is 257 Å². The molecule has 28 heteroatoms. The van der Waals surface area contributed by atoms with Crippen molar-refractivity contribution in [1.29, 1.82) is 0 Å². The fraction of sp³-hybridized carbons (Fsp3) is 0.612. The van der Waals surface area contributed by atoms with Gasteiger partial charge in [0.1, 0.15) is 53.1 Å². The van der Waals surface area contributed by atoms with E-state index < -0.39 is 124 Å². The maximum atomic E-state index is 16.5. The maximum absolute atomic E-state index is 16.5. The van der Waals surface area contributed by atoms with Crippen molar-refractivity contribution < 1.29 is 64.7 Å². The number of benzene rings is 2. The van der Waals surface area contributed by atoms with Crippen LogP contribution in [-0.2, 0) is 41.9 Å². The maximum Gasteiger partial charge on any atom is 0.398 e. The van der Waals surface area contributed by atoms with Gasteiger partial charge in [-0.15, -0.1) is 0 Å². The van der Waals surface area contributed by atoms with E-state index in [4.69, 9.17) is 5.10 Å². The lowest BCUT2D eigenvalue weighted by atomic mass is 9.86. The van der Waals surface area contributed by atoms with E-state index in [0.29, 0.717) is 75.9 Å². The molecule has 4 heterocycles. The minimum absolute atomic E-state index is 0.0178. The Morgan fingerprint density at radius 1 is 0.611 bits per heavy atom. The minimum Gasteiger partial charge on any atom is -0.343 e. The first kappa shape index (κ1) is 69.9. The summed E-state index contributed by atoms with van der Waals surface area (Å²) in [5.74, 6) is -13.0. The van der Waals surface area contributed by atoms with Crippen LogP contribution in [0.3, 0.4) is 0 Å². The Hall–Kier alpha value is -7.88. The highest BCUT2D eigenvalue weighted by molar-refractivity contribution is 6.02. The molecule has 0 radical (unpaired) electrons. The molecule has 8 amide bonds. The molecule has 22 nitrogen and oxygen atoms in total. The Kier molecular flexibility index (Phi) is 21.5. The summed E-state index contributed by atoms with van der Waals surface area (Å²) in [5, 5.41) is 25.1. The molecule has 2 aromatic carbocycles. The molecule has 10 rings (SSSR count). The highest BCUT2D eigenvalue weighted by Crippen LogP contribution is 2.59. The van der Waals surface area contributed by atoms with E-state index in [0.717, 1.165) is 44.7 Å². The van der Waals surface area contributed by atoms with Crippen molar-refractivity contribution in [2.24, 2.45) is 35.5 Å². The number of nitrogens with one attached hydrogen (secondary N) is 6. The highest BCUT2D eigenvalue weighted by atomic mass is 19.4. The van der Waals surface area contributed by atoms with Gasteiger partial charge in [0.15, 0.2) is 6.17 Å². The molecule has 4 aliphatic carbocycles. The van der Waals surface area contributed by atoms with Crippen LogP contribution >= 0.6 is 0 Å². The van der Waals surface area contributed by atoms with Crippen LogP contribution in [-0.4, -0.2) is 189 Å². The molecule has 516 valence electrons. The third kappa shape index (κ3) is 16.2. The quantitative estimate of drug-likeness (QED) is 0.0347. The molecule has 95 heavy (non-hydrogen) atoms. The van der Waals surface area contributed by atoms with Gasteiger partial charge in [0.2, 0.25) is 29.5 Å². The number of aromatic nitrogens is 4. The van der Waals surface area contributed by atoms with Gasteiger partial charge in [-0.3, -0.25) is 47.7 Å². The summed E-state index contributed by atoms with van der Waals surface area (Å²) in [5.41, 5.74) is -0.279. The number of amides is 8. The molecule has 4 saturated carbocycles. The van der Waals surface area contributed by atoms with Crippen LogP contribution in [0.25, 0.3) is 0 Å². The number of aryl methyl sites for hydroxylation is 2. The van der Waals surface area contributed by atoms with Crippen LogP contribution in [0.15, 0.2) is 54.7 Å². The average Bonchev–Trinajstić information content (AvgIpc) is 1.62. The Labute approximate surface area is 548 Å². The molecule has 0 bridgehead atoms. The number of carbonyl (C=O) groups is 8. The van der Waals surface area contributed by atoms with Crippen molar-refractivity contribution in [3.8, 4) is 0 Å². The lowest BCUT2D eigenvalue weighted by Gasteiger charge is -2.40. The number of halogens is 6. The van der Waals surface area contributed by atoms with Gasteiger partial charge >= 0.3 is 6.18 Å². The van der Waals surface area contributed by atoms with E-state index in [9.17, 15) is 42.7 Å². The molecule has 6 aliphatic rings. The van der Waals surface area contributed by atoms with E-state index >= 15 is 22.0 Å². The molecular formula is C67H88F6N14O8. The highest BCUT2D eigenvalue weighted by Gasteiger charge is 2.56. The molecule has 3 unspecified atom stereocenters. The molecule has 2 saturated heterocycles. The third-order valence-electron chi connectivity index (χ3n) is 20.2. The monoisotopic (exact) mass is 1330 g/mol. The SMILES string of the molecule is CCC(=O)N[C@@H](C(=O)N1CCN(C)CC1)[C@H](c1ccc(NC(=O)[C@@H](NC(=O)c2ccnn2CC)C(C2CC2)C2CC2c2cc(C(=O)N[C@H](C(=O)Nc3ccc([C@H](C)[C@@H](NC(=O)[C@@H](C)F)C(=O)N4CCN(C)[C@H](C)C4)cc3F)C(C3CC3)C3CC3)n(CC)n2)c(F)c1)C(F)(F)F. The van der Waals surface area contributed by atoms with Crippen molar-refractivity contribution in [2.45, 2.75) is 166 Å². The summed E-state index contributed by atoms with van der Waals surface area (Å²) in [6.45, 7) is 12.5. The van der Waals surface area contributed by atoms with E-state index in [1.54, 1.807) is 38.8 Å². The second-order valence-electron chi connectivity index (χ2n) is 26.9. The molecule has 0 spiro atoms. The number of rotatable bonds is 27. The number of nitrogens with zero attached hydrogens (tertiary/aromatic N) is 8. The first-order valence-corrected chi connectivity index (χ1v) is 33.4. The number of carbonyl (C=O) groups excluding carboxylic acids is 8. The van der Waals surface area contributed by atoms with Gasteiger partial charge in [0, 0.05) is 89.4 Å². The number of anilines is 2. The number of alkyl halides is 4. The van der Waals surface area contributed by atoms with E-state index in [1.165, 1.54) is 51.6 Å². The molecule has 2 aliphatic heterocycles.